The standard InChI is InChI=1S/C31H58O4/c1-4-5-6-7-8-9-10-11-12-13-14-15-16-17-18-19-20-21-22-23-24-25-26-27-29(31(34)35-3)30(33)28(2)32/h27,30,33H,4-26H2,1-3H3/b29-27-/t30-/m0/s1. The Bertz CT molecular complexity index is 526. The van der Waals surface area contributed by atoms with Gasteiger partial charge in [0.15, 0.2) is 5.78 Å². The van der Waals surface area contributed by atoms with Crippen molar-refractivity contribution >= 4 is 11.8 Å². The molecule has 0 bridgehead atoms. The molecular weight excluding hydrogens is 436 g/mol. The number of carbonyl (C=O) groups excluding carboxylic acids is 2. The number of carbonyl (C=O) groups is 2. The zero-order valence-electron chi connectivity index (χ0n) is 23.6. The van der Waals surface area contributed by atoms with Crippen LogP contribution in [0.15, 0.2) is 11.6 Å². The number of ketones is 1. The van der Waals surface area contributed by atoms with E-state index >= 15 is 0 Å². The average Bonchev–Trinajstić information content (AvgIpc) is 2.85. The number of rotatable bonds is 26. The third-order valence-corrected chi connectivity index (χ3v) is 7.02. The summed E-state index contributed by atoms with van der Waals surface area (Å²) in [6.07, 6.45) is 30.9. The minimum atomic E-state index is -1.37. The summed E-state index contributed by atoms with van der Waals surface area (Å²) in [6, 6.07) is 0. The highest BCUT2D eigenvalue weighted by molar-refractivity contribution is 5.98. The van der Waals surface area contributed by atoms with Crippen LogP contribution in [0.5, 0.6) is 0 Å². The summed E-state index contributed by atoms with van der Waals surface area (Å²) in [5, 5.41) is 9.85. The van der Waals surface area contributed by atoms with E-state index in [2.05, 4.69) is 11.7 Å². The van der Waals surface area contributed by atoms with Gasteiger partial charge in [0.05, 0.1) is 12.7 Å². The molecule has 0 saturated carbocycles. The Morgan fingerprint density at radius 3 is 1.23 bits per heavy atom. The van der Waals surface area contributed by atoms with Gasteiger partial charge < -0.3 is 9.84 Å². The quantitative estimate of drug-likeness (QED) is 0.0740. The largest absolute Gasteiger partial charge is 0.466 e. The van der Waals surface area contributed by atoms with Gasteiger partial charge in [0, 0.05) is 0 Å². The second-order valence-corrected chi connectivity index (χ2v) is 10.4. The molecule has 0 aliphatic heterocycles. The van der Waals surface area contributed by atoms with Crippen molar-refractivity contribution in [2.24, 2.45) is 0 Å². The molecular formula is C31H58O4. The predicted octanol–water partition coefficient (Wildman–Crippen LogP) is 9.03. The lowest BCUT2D eigenvalue weighted by atomic mass is 10.0. The second kappa shape index (κ2) is 25.9. The van der Waals surface area contributed by atoms with E-state index in [0.29, 0.717) is 6.42 Å². The Morgan fingerprint density at radius 2 is 0.943 bits per heavy atom. The highest BCUT2D eigenvalue weighted by Crippen LogP contribution is 2.16. The first-order valence-electron chi connectivity index (χ1n) is 15.0. The van der Waals surface area contributed by atoms with E-state index in [0.717, 1.165) is 12.8 Å². The summed E-state index contributed by atoms with van der Waals surface area (Å²) in [6.45, 7) is 3.56. The fraction of sp³-hybridized carbons (Fsp3) is 0.871. The first-order valence-corrected chi connectivity index (χ1v) is 15.0. The van der Waals surface area contributed by atoms with E-state index in [-0.39, 0.29) is 5.57 Å². The SMILES string of the molecule is CCCCCCCCCCCCCCCCCCCCCCCC/C=C(\C(=O)OC)[C@@H](O)C(C)=O. The summed E-state index contributed by atoms with van der Waals surface area (Å²) in [7, 11) is 1.27. The molecule has 4 heteroatoms. The fourth-order valence-corrected chi connectivity index (χ4v) is 4.65. The predicted molar refractivity (Wildman–Crippen MR) is 149 cm³/mol. The molecule has 0 aromatic carbocycles. The van der Waals surface area contributed by atoms with Crippen molar-refractivity contribution in [3.05, 3.63) is 11.6 Å². The summed E-state index contributed by atoms with van der Waals surface area (Å²) >= 11 is 0. The van der Waals surface area contributed by atoms with Gasteiger partial charge in [-0.05, 0) is 19.8 Å². The van der Waals surface area contributed by atoms with E-state index in [1.807, 2.05) is 0 Å². The number of esters is 1. The van der Waals surface area contributed by atoms with Crippen LogP contribution in [-0.4, -0.2) is 30.1 Å². The topological polar surface area (TPSA) is 63.6 Å². The average molecular weight is 495 g/mol. The first-order chi connectivity index (χ1) is 17.0. The number of unbranched alkanes of at least 4 members (excludes halogenated alkanes) is 22. The maximum atomic E-state index is 11.7. The summed E-state index contributed by atoms with van der Waals surface area (Å²) in [5.74, 6) is -1.05. The zero-order chi connectivity index (χ0) is 26.0. The number of hydrogen-bond donors (Lipinski definition) is 1. The van der Waals surface area contributed by atoms with Gasteiger partial charge in [-0.3, -0.25) is 4.79 Å². The third kappa shape index (κ3) is 21.8. The lowest BCUT2D eigenvalue weighted by molar-refractivity contribution is -0.139. The number of Topliss-reactive ketones (excluding diaryl/α,β-unsaturated/α-hetero) is 1. The molecule has 4 nitrogen and oxygen atoms in total. The van der Waals surface area contributed by atoms with Crippen LogP contribution >= 0.6 is 0 Å². The van der Waals surface area contributed by atoms with Gasteiger partial charge in [-0.15, -0.1) is 0 Å². The van der Waals surface area contributed by atoms with Crippen molar-refractivity contribution in [3.8, 4) is 0 Å². The van der Waals surface area contributed by atoms with Crippen molar-refractivity contribution < 1.29 is 19.4 Å². The van der Waals surface area contributed by atoms with Crippen LogP contribution in [0.1, 0.15) is 162 Å². The van der Waals surface area contributed by atoms with Gasteiger partial charge in [0.1, 0.15) is 6.10 Å². The molecule has 0 spiro atoms. The van der Waals surface area contributed by atoms with Gasteiger partial charge in [0.25, 0.3) is 0 Å². The maximum absolute atomic E-state index is 11.7. The molecule has 0 aromatic heterocycles. The second-order valence-electron chi connectivity index (χ2n) is 10.4. The van der Waals surface area contributed by atoms with Crippen LogP contribution in [0.4, 0.5) is 0 Å². The minimum Gasteiger partial charge on any atom is -0.466 e. The monoisotopic (exact) mass is 494 g/mol. The molecule has 0 rings (SSSR count). The van der Waals surface area contributed by atoms with Gasteiger partial charge >= 0.3 is 5.97 Å². The first kappa shape index (κ1) is 33.8. The van der Waals surface area contributed by atoms with E-state index in [1.165, 1.54) is 142 Å². The number of aliphatic hydroxyl groups is 1. The Labute approximate surface area is 217 Å². The highest BCUT2D eigenvalue weighted by atomic mass is 16.5. The van der Waals surface area contributed by atoms with E-state index in [1.54, 1.807) is 6.08 Å². The highest BCUT2D eigenvalue weighted by Gasteiger charge is 2.22. The van der Waals surface area contributed by atoms with Gasteiger partial charge in [-0.25, -0.2) is 4.79 Å². The molecule has 0 unspecified atom stereocenters. The van der Waals surface area contributed by atoms with Gasteiger partial charge in [0.2, 0.25) is 0 Å². The van der Waals surface area contributed by atoms with E-state index in [4.69, 9.17) is 0 Å². The molecule has 206 valence electrons. The minimum absolute atomic E-state index is 0.0727. The molecule has 0 heterocycles. The van der Waals surface area contributed by atoms with E-state index < -0.39 is 17.9 Å². The molecule has 35 heavy (non-hydrogen) atoms. The fourth-order valence-electron chi connectivity index (χ4n) is 4.65. The molecule has 1 atom stereocenters. The number of ether oxygens (including phenoxy) is 1. The van der Waals surface area contributed by atoms with Crippen LogP contribution < -0.4 is 0 Å². The number of allylic oxidation sites excluding steroid dienone is 1. The lowest BCUT2D eigenvalue weighted by Gasteiger charge is -2.10. The van der Waals surface area contributed by atoms with Crippen molar-refractivity contribution in [3.63, 3.8) is 0 Å². The van der Waals surface area contributed by atoms with Crippen LogP contribution in [0.25, 0.3) is 0 Å². The van der Waals surface area contributed by atoms with Crippen molar-refractivity contribution in [1.82, 2.24) is 0 Å². The summed E-state index contributed by atoms with van der Waals surface area (Å²) < 4.78 is 4.67. The maximum Gasteiger partial charge on any atom is 0.336 e. The molecule has 1 N–H and O–H groups in total. The van der Waals surface area contributed by atoms with Crippen LogP contribution in [0.2, 0.25) is 0 Å². The Hall–Kier alpha value is -1.16. The molecule has 0 aliphatic carbocycles. The molecule has 0 aliphatic rings. The number of hydrogen-bond acceptors (Lipinski definition) is 4. The van der Waals surface area contributed by atoms with Crippen molar-refractivity contribution in [2.45, 2.75) is 168 Å². The van der Waals surface area contributed by atoms with Crippen LogP contribution in [0, 0.1) is 0 Å². The molecule has 0 saturated heterocycles. The summed E-state index contributed by atoms with van der Waals surface area (Å²) in [4.78, 5) is 23.0. The van der Waals surface area contributed by atoms with Gasteiger partial charge in [-0.2, -0.15) is 0 Å². The molecule has 0 aromatic rings. The lowest BCUT2D eigenvalue weighted by Crippen LogP contribution is -2.25. The van der Waals surface area contributed by atoms with Gasteiger partial charge in [-0.1, -0.05) is 148 Å². The zero-order valence-corrected chi connectivity index (χ0v) is 23.6. The molecule has 0 radical (unpaired) electrons. The van der Waals surface area contributed by atoms with Crippen molar-refractivity contribution in [2.75, 3.05) is 7.11 Å². The normalized spacial score (nSPS) is 12.6. The number of methoxy groups -OCH3 is 1. The Morgan fingerprint density at radius 1 is 0.629 bits per heavy atom. The van der Waals surface area contributed by atoms with Crippen molar-refractivity contribution in [1.29, 1.82) is 0 Å². The van der Waals surface area contributed by atoms with Crippen LogP contribution in [-0.2, 0) is 14.3 Å². The molecule has 0 fully saturated rings. The third-order valence-electron chi connectivity index (χ3n) is 7.02. The molecule has 0 amide bonds. The van der Waals surface area contributed by atoms with E-state index in [9.17, 15) is 14.7 Å². The van der Waals surface area contributed by atoms with Crippen LogP contribution in [0.3, 0.4) is 0 Å². The Balaban J connectivity index is 3.39. The summed E-state index contributed by atoms with van der Waals surface area (Å²) in [5.41, 5.74) is 0.0727. The Kier molecular flexibility index (Phi) is 25.1. The number of aliphatic hydroxyl groups excluding tert-OH is 1. The smallest absolute Gasteiger partial charge is 0.336 e.